The molecule has 0 aliphatic carbocycles. The van der Waals surface area contributed by atoms with Crippen LogP contribution in [0.2, 0.25) is 0 Å². The summed E-state index contributed by atoms with van der Waals surface area (Å²) in [5.74, 6) is 2.53. The molecular weight excluding hydrogens is 164 g/mol. The SMILES string of the molecule is CC(C)Cc1nc(CCN)nn1C. The molecule has 4 nitrogen and oxygen atoms in total. The van der Waals surface area contributed by atoms with Crippen molar-refractivity contribution >= 4 is 0 Å². The van der Waals surface area contributed by atoms with Crippen LogP contribution in [0.1, 0.15) is 25.5 Å². The molecule has 0 atom stereocenters. The zero-order chi connectivity index (χ0) is 9.84. The van der Waals surface area contributed by atoms with Gasteiger partial charge in [-0.05, 0) is 12.5 Å². The summed E-state index contributed by atoms with van der Waals surface area (Å²) in [4.78, 5) is 4.41. The maximum absolute atomic E-state index is 5.43. The van der Waals surface area contributed by atoms with Crippen molar-refractivity contribution in [2.45, 2.75) is 26.7 Å². The summed E-state index contributed by atoms with van der Waals surface area (Å²) >= 11 is 0. The Morgan fingerprint density at radius 1 is 1.46 bits per heavy atom. The van der Waals surface area contributed by atoms with Gasteiger partial charge in [-0.15, -0.1) is 0 Å². The van der Waals surface area contributed by atoms with Gasteiger partial charge in [0.05, 0.1) is 0 Å². The van der Waals surface area contributed by atoms with Crippen LogP contribution in [0.4, 0.5) is 0 Å². The van der Waals surface area contributed by atoms with Crippen LogP contribution >= 0.6 is 0 Å². The number of hydrogen-bond donors (Lipinski definition) is 1. The van der Waals surface area contributed by atoms with Gasteiger partial charge in [0.1, 0.15) is 5.82 Å². The number of rotatable bonds is 4. The molecule has 0 spiro atoms. The average Bonchev–Trinajstić information content (AvgIpc) is 2.31. The van der Waals surface area contributed by atoms with E-state index < -0.39 is 0 Å². The molecule has 0 aliphatic rings. The topological polar surface area (TPSA) is 56.7 Å². The van der Waals surface area contributed by atoms with Gasteiger partial charge in [-0.25, -0.2) is 4.98 Å². The molecule has 0 bridgehead atoms. The van der Waals surface area contributed by atoms with E-state index in [0.29, 0.717) is 12.5 Å². The van der Waals surface area contributed by atoms with Crippen molar-refractivity contribution in [3.63, 3.8) is 0 Å². The summed E-state index contributed by atoms with van der Waals surface area (Å²) in [6.07, 6.45) is 1.75. The molecule has 0 aromatic carbocycles. The number of hydrogen-bond acceptors (Lipinski definition) is 3. The zero-order valence-corrected chi connectivity index (χ0v) is 8.62. The smallest absolute Gasteiger partial charge is 0.152 e. The molecular formula is C9H18N4. The summed E-state index contributed by atoms with van der Waals surface area (Å²) < 4.78 is 1.85. The van der Waals surface area contributed by atoms with E-state index >= 15 is 0 Å². The van der Waals surface area contributed by atoms with E-state index in [0.717, 1.165) is 24.5 Å². The van der Waals surface area contributed by atoms with Crippen molar-refractivity contribution in [2.24, 2.45) is 18.7 Å². The van der Waals surface area contributed by atoms with Crippen LogP contribution < -0.4 is 5.73 Å². The highest BCUT2D eigenvalue weighted by atomic mass is 15.3. The van der Waals surface area contributed by atoms with E-state index in [1.807, 2.05) is 11.7 Å². The van der Waals surface area contributed by atoms with Gasteiger partial charge in [0.25, 0.3) is 0 Å². The highest BCUT2D eigenvalue weighted by Crippen LogP contribution is 2.05. The highest BCUT2D eigenvalue weighted by molar-refractivity contribution is 4.93. The second-order valence-corrected chi connectivity index (χ2v) is 3.70. The van der Waals surface area contributed by atoms with Gasteiger partial charge in [-0.2, -0.15) is 5.10 Å². The molecule has 1 heterocycles. The minimum Gasteiger partial charge on any atom is -0.330 e. The van der Waals surface area contributed by atoms with Gasteiger partial charge >= 0.3 is 0 Å². The standard InChI is InChI=1S/C9H18N4/c1-7(2)6-9-11-8(4-5-10)12-13(9)3/h7H,4-6,10H2,1-3H3. The Morgan fingerprint density at radius 3 is 2.69 bits per heavy atom. The van der Waals surface area contributed by atoms with Crippen molar-refractivity contribution in [3.8, 4) is 0 Å². The molecule has 0 aliphatic heterocycles. The van der Waals surface area contributed by atoms with Gasteiger partial charge in [0.2, 0.25) is 0 Å². The Bertz CT molecular complexity index is 265. The summed E-state index contributed by atoms with van der Waals surface area (Å²) in [7, 11) is 1.94. The Balaban J connectivity index is 2.71. The fourth-order valence-electron chi connectivity index (χ4n) is 1.25. The van der Waals surface area contributed by atoms with E-state index in [4.69, 9.17) is 5.73 Å². The lowest BCUT2D eigenvalue weighted by Crippen LogP contribution is -2.04. The molecule has 0 saturated carbocycles. The lowest BCUT2D eigenvalue weighted by atomic mass is 10.1. The van der Waals surface area contributed by atoms with Gasteiger partial charge < -0.3 is 5.73 Å². The molecule has 0 radical (unpaired) electrons. The van der Waals surface area contributed by atoms with Crippen molar-refractivity contribution in [3.05, 3.63) is 11.6 Å². The molecule has 1 rings (SSSR count). The molecule has 1 aromatic rings. The van der Waals surface area contributed by atoms with E-state index in [9.17, 15) is 0 Å². The summed E-state index contributed by atoms with van der Waals surface area (Å²) in [5.41, 5.74) is 5.43. The average molecular weight is 182 g/mol. The highest BCUT2D eigenvalue weighted by Gasteiger charge is 2.07. The summed E-state index contributed by atoms with van der Waals surface area (Å²) in [6.45, 7) is 4.97. The number of aryl methyl sites for hydroxylation is 1. The molecule has 0 unspecified atom stereocenters. The minimum absolute atomic E-state index is 0.616. The first-order chi connectivity index (χ1) is 6.13. The van der Waals surface area contributed by atoms with E-state index in [-0.39, 0.29) is 0 Å². The maximum Gasteiger partial charge on any atom is 0.152 e. The van der Waals surface area contributed by atoms with E-state index in [1.165, 1.54) is 0 Å². The van der Waals surface area contributed by atoms with Crippen LogP contribution in [-0.4, -0.2) is 21.3 Å². The molecule has 0 amide bonds. The molecule has 13 heavy (non-hydrogen) atoms. The Kier molecular flexibility index (Phi) is 3.42. The molecule has 4 heteroatoms. The third kappa shape index (κ3) is 2.81. The predicted octanol–water partition coefficient (Wildman–Crippen LogP) is 0.515. The lowest BCUT2D eigenvalue weighted by molar-refractivity contribution is 0.584. The van der Waals surface area contributed by atoms with E-state index in [2.05, 4.69) is 23.9 Å². The van der Waals surface area contributed by atoms with Crippen LogP contribution in [0.15, 0.2) is 0 Å². The van der Waals surface area contributed by atoms with Crippen LogP contribution in [0, 0.1) is 5.92 Å². The molecule has 0 fully saturated rings. The summed E-state index contributed by atoms with van der Waals surface area (Å²) in [5, 5.41) is 4.28. The van der Waals surface area contributed by atoms with Crippen LogP contribution in [-0.2, 0) is 19.9 Å². The Labute approximate surface area is 79.2 Å². The third-order valence-electron chi connectivity index (χ3n) is 1.86. The van der Waals surface area contributed by atoms with Crippen molar-refractivity contribution in [1.29, 1.82) is 0 Å². The molecule has 1 aromatic heterocycles. The first kappa shape index (κ1) is 10.2. The van der Waals surface area contributed by atoms with Crippen LogP contribution in [0.5, 0.6) is 0 Å². The van der Waals surface area contributed by atoms with E-state index in [1.54, 1.807) is 0 Å². The zero-order valence-electron chi connectivity index (χ0n) is 8.62. The quantitative estimate of drug-likeness (QED) is 0.738. The molecule has 2 N–H and O–H groups in total. The molecule has 74 valence electrons. The number of nitrogens with zero attached hydrogens (tertiary/aromatic N) is 3. The van der Waals surface area contributed by atoms with Gasteiger partial charge in [-0.3, -0.25) is 4.68 Å². The molecule has 0 saturated heterocycles. The van der Waals surface area contributed by atoms with Crippen LogP contribution in [0.3, 0.4) is 0 Å². The second kappa shape index (κ2) is 4.37. The van der Waals surface area contributed by atoms with Crippen molar-refractivity contribution in [2.75, 3.05) is 6.54 Å². The van der Waals surface area contributed by atoms with Crippen molar-refractivity contribution < 1.29 is 0 Å². The largest absolute Gasteiger partial charge is 0.330 e. The predicted molar refractivity (Wildman–Crippen MR) is 52.3 cm³/mol. The number of nitrogens with two attached hydrogens (primary N) is 1. The van der Waals surface area contributed by atoms with Crippen LogP contribution in [0.25, 0.3) is 0 Å². The normalized spacial score (nSPS) is 11.2. The first-order valence-electron chi connectivity index (χ1n) is 4.72. The second-order valence-electron chi connectivity index (χ2n) is 3.70. The van der Waals surface area contributed by atoms with Gasteiger partial charge in [0, 0.05) is 19.9 Å². The van der Waals surface area contributed by atoms with Gasteiger partial charge in [0.15, 0.2) is 5.82 Å². The third-order valence-corrected chi connectivity index (χ3v) is 1.86. The maximum atomic E-state index is 5.43. The number of aromatic nitrogens is 3. The monoisotopic (exact) mass is 182 g/mol. The lowest BCUT2D eigenvalue weighted by Gasteiger charge is -2.01. The van der Waals surface area contributed by atoms with Gasteiger partial charge in [-0.1, -0.05) is 13.8 Å². The Morgan fingerprint density at radius 2 is 2.15 bits per heavy atom. The first-order valence-corrected chi connectivity index (χ1v) is 4.72. The Hall–Kier alpha value is -0.900. The fourth-order valence-corrected chi connectivity index (χ4v) is 1.25. The summed E-state index contributed by atoms with van der Waals surface area (Å²) in [6, 6.07) is 0. The fraction of sp³-hybridized carbons (Fsp3) is 0.778. The van der Waals surface area contributed by atoms with Crippen molar-refractivity contribution in [1.82, 2.24) is 14.8 Å². The minimum atomic E-state index is 0.616.